The van der Waals surface area contributed by atoms with Crippen LogP contribution < -0.4 is 10.5 Å². The van der Waals surface area contributed by atoms with Crippen LogP contribution in [0.3, 0.4) is 0 Å². The van der Waals surface area contributed by atoms with Crippen molar-refractivity contribution in [2.75, 3.05) is 0 Å². The molecule has 0 saturated heterocycles. The van der Waals surface area contributed by atoms with Crippen molar-refractivity contribution < 1.29 is 23.1 Å². The van der Waals surface area contributed by atoms with E-state index in [2.05, 4.69) is 5.32 Å². The van der Waals surface area contributed by atoms with Crippen molar-refractivity contribution in [1.29, 1.82) is 0 Å². The summed E-state index contributed by atoms with van der Waals surface area (Å²) >= 11 is 0. The summed E-state index contributed by atoms with van der Waals surface area (Å²) in [4.78, 5) is 23.4. The van der Waals surface area contributed by atoms with Gasteiger partial charge in [0.05, 0.1) is 5.75 Å². The number of benzene rings is 1. The van der Waals surface area contributed by atoms with Gasteiger partial charge in [-0.3, -0.25) is 4.79 Å². The highest BCUT2D eigenvalue weighted by molar-refractivity contribution is 7.88. The standard InChI is InChI=1S/C14H20N2O5S/c1-3-9(2)12(14(18)19)16-13(17)11-6-4-5-10(7-11)8-22(15,20)21/h4-7,9,12H,3,8H2,1-2H3,(H,16,17)(H,18,19)(H2,15,20,21). The van der Waals surface area contributed by atoms with Gasteiger partial charge >= 0.3 is 5.97 Å². The predicted octanol–water partition coefficient (Wildman–Crippen LogP) is 0.704. The number of carboxylic acid groups (broad SMARTS) is 1. The number of carbonyl (C=O) groups excluding carboxylic acids is 1. The highest BCUT2D eigenvalue weighted by Gasteiger charge is 2.25. The summed E-state index contributed by atoms with van der Waals surface area (Å²) in [7, 11) is -3.70. The lowest BCUT2D eigenvalue weighted by Crippen LogP contribution is -2.45. The molecular formula is C14H20N2O5S. The van der Waals surface area contributed by atoms with Crippen LogP contribution in [0.2, 0.25) is 0 Å². The maximum atomic E-state index is 12.1. The summed E-state index contributed by atoms with van der Waals surface area (Å²) < 4.78 is 22.2. The van der Waals surface area contributed by atoms with E-state index in [1.54, 1.807) is 6.92 Å². The molecule has 0 aliphatic carbocycles. The van der Waals surface area contributed by atoms with E-state index < -0.39 is 27.9 Å². The second kappa shape index (κ2) is 7.37. The maximum Gasteiger partial charge on any atom is 0.326 e. The minimum absolute atomic E-state index is 0.190. The molecule has 0 radical (unpaired) electrons. The number of hydrogen-bond donors (Lipinski definition) is 3. The molecule has 0 spiro atoms. The molecule has 0 aliphatic heterocycles. The molecule has 22 heavy (non-hydrogen) atoms. The Bertz CT molecular complexity index is 657. The average Bonchev–Trinajstić information content (AvgIpc) is 2.41. The smallest absolute Gasteiger partial charge is 0.326 e. The van der Waals surface area contributed by atoms with Crippen LogP contribution in [0.4, 0.5) is 0 Å². The Hall–Kier alpha value is -1.93. The molecule has 4 N–H and O–H groups in total. The van der Waals surface area contributed by atoms with Gasteiger partial charge < -0.3 is 10.4 Å². The highest BCUT2D eigenvalue weighted by Crippen LogP contribution is 2.11. The Morgan fingerprint density at radius 3 is 2.50 bits per heavy atom. The molecule has 122 valence electrons. The van der Waals surface area contributed by atoms with E-state index in [4.69, 9.17) is 10.2 Å². The van der Waals surface area contributed by atoms with Crippen molar-refractivity contribution in [2.24, 2.45) is 11.1 Å². The van der Waals surface area contributed by atoms with E-state index in [0.29, 0.717) is 12.0 Å². The van der Waals surface area contributed by atoms with Crippen LogP contribution in [0, 0.1) is 5.92 Å². The number of nitrogens with one attached hydrogen (secondary N) is 1. The van der Waals surface area contributed by atoms with E-state index in [1.807, 2.05) is 6.92 Å². The molecule has 8 heteroatoms. The molecule has 1 rings (SSSR count). The Morgan fingerprint density at radius 2 is 2.00 bits per heavy atom. The third-order valence-corrected chi connectivity index (χ3v) is 4.06. The van der Waals surface area contributed by atoms with Gasteiger partial charge in [0, 0.05) is 5.56 Å². The van der Waals surface area contributed by atoms with Gasteiger partial charge in [0.2, 0.25) is 10.0 Å². The van der Waals surface area contributed by atoms with Gasteiger partial charge in [0.1, 0.15) is 6.04 Å². The van der Waals surface area contributed by atoms with Gasteiger partial charge in [-0.15, -0.1) is 0 Å². The Kier molecular flexibility index (Phi) is 6.07. The molecule has 0 bridgehead atoms. The number of amides is 1. The van der Waals surface area contributed by atoms with Crippen molar-refractivity contribution in [2.45, 2.75) is 32.1 Å². The van der Waals surface area contributed by atoms with Gasteiger partial charge in [-0.05, 0) is 23.6 Å². The fourth-order valence-electron chi connectivity index (χ4n) is 1.94. The zero-order chi connectivity index (χ0) is 16.9. The van der Waals surface area contributed by atoms with Crippen LogP contribution in [-0.4, -0.2) is 31.4 Å². The van der Waals surface area contributed by atoms with Crippen molar-refractivity contribution in [3.8, 4) is 0 Å². The summed E-state index contributed by atoms with van der Waals surface area (Å²) in [6.07, 6.45) is 0.600. The lowest BCUT2D eigenvalue weighted by Gasteiger charge is -2.20. The third kappa shape index (κ3) is 5.45. The SMILES string of the molecule is CCC(C)C(NC(=O)c1cccc(CS(N)(=O)=O)c1)C(=O)O. The highest BCUT2D eigenvalue weighted by atomic mass is 32.2. The van der Waals surface area contributed by atoms with Gasteiger partial charge in [-0.2, -0.15) is 0 Å². The summed E-state index contributed by atoms with van der Waals surface area (Å²) in [5, 5.41) is 16.6. The third-order valence-electron chi connectivity index (χ3n) is 3.32. The molecule has 2 atom stereocenters. The Labute approximate surface area is 129 Å². The molecule has 7 nitrogen and oxygen atoms in total. The molecule has 0 aromatic heterocycles. The first kappa shape index (κ1) is 18.1. The molecule has 0 heterocycles. The van der Waals surface area contributed by atoms with E-state index >= 15 is 0 Å². The topological polar surface area (TPSA) is 127 Å². The monoisotopic (exact) mass is 328 g/mol. The number of carbonyl (C=O) groups is 2. The van der Waals surface area contributed by atoms with E-state index in [-0.39, 0.29) is 17.2 Å². The molecular weight excluding hydrogens is 308 g/mol. The number of carboxylic acids is 1. The Morgan fingerprint density at radius 1 is 1.36 bits per heavy atom. The number of primary sulfonamides is 1. The lowest BCUT2D eigenvalue weighted by molar-refractivity contribution is -0.140. The van der Waals surface area contributed by atoms with E-state index in [0.717, 1.165) is 0 Å². The van der Waals surface area contributed by atoms with Crippen molar-refractivity contribution >= 4 is 21.9 Å². The van der Waals surface area contributed by atoms with Crippen molar-refractivity contribution in [3.05, 3.63) is 35.4 Å². The summed E-state index contributed by atoms with van der Waals surface area (Å²) in [5.41, 5.74) is 0.557. The van der Waals surface area contributed by atoms with Gasteiger partial charge in [-0.1, -0.05) is 32.4 Å². The maximum absolute atomic E-state index is 12.1. The van der Waals surface area contributed by atoms with Crippen LogP contribution in [0.1, 0.15) is 36.2 Å². The quantitative estimate of drug-likeness (QED) is 0.679. The van der Waals surface area contributed by atoms with Crippen LogP contribution in [0.5, 0.6) is 0 Å². The van der Waals surface area contributed by atoms with Crippen LogP contribution in [-0.2, 0) is 20.6 Å². The summed E-state index contributed by atoms with van der Waals surface area (Å²) in [5.74, 6) is -2.29. The predicted molar refractivity (Wildman–Crippen MR) is 81.6 cm³/mol. The average molecular weight is 328 g/mol. The fraction of sp³-hybridized carbons (Fsp3) is 0.429. The largest absolute Gasteiger partial charge is 0.480 e. The molecule has 0 aliphatic rings. The van der Waals surface area contributed by atoms with Gasteiger partial charge in [-0.25, -0.2) is 18.4 Å². The summed E-state index contributed by atoms with van der Waals surface area (Å²) in [6, 6.07) is 4.92. The Balaban J connectivity index is 2.93. The first-order chi connectivity index (χ1) is 10.1. The number of nitrogens with two attached hydrogens (primary N) is 1. The molecule has 2 unspecified atom stereocenters. The normalized spacial score (nSPS) is 14.1. The number of rotatable bonds is 7. The van der Waals surface area contributed by atoms with Crippen molar-refractivity contribution in [3.63, 3.8) is 0 Å². The van der Waals surface area contributed by atoms with Gasteiger partial charge in [0.25, 0.3) is 5.91 Å². The first-order valence-corrected chi connectivity index (χ1v) is 8.48. The summed E-state index contributed by atoms with van der Waals surface area (Å²) in [6.45, 7) is 3.57. The fourth-order valence-corrected chi connectivity index (χ4v) is 2.59. The molecule has 0 saturated carbocycles. The number of hydrogen-bond acceptors (Lipinski definition) is 4. The van der Waals surface area contributed by atoms with Crippen LogP contribution in [0.25, 0.3) is 0 Å². The van der Waals surface area contributed by atoms with Crippen molar-refractivity contribution in [1.82, 2.24) is 5.32 Å². The zero-order valence-corrected chi connectivity index (χ0v) is 13.3. The molecule has 1 amide bonds. The minimum Gasteiger partial charge on any atom is -0.480 e. The van der Waals surface area contributed by atoms with E-state index in [1.165, 1.54) is 24.3 Å². The lowest BCUT2D eigenvalue weighted by atomic mass is 9.99. The first-order valence-electron chi connectivity index (χ1n) is 6.77. The molecule has 1 aromatic rings. The molecule has 1 aromatic carbocycles. The minimum atomic E-state index is -3.70. The van der Waals surface area contributed by atoms with Gasteiger partial charge in [0.15, 0.2) is 0 Å². The number of sulfonamides is 1. The van der Waals surface area contributed by atoms with E-state index in [9.17, 15) is 18.0 Å². The van der Waals surface area contributed by atoms with Crippen LogP contribution >= 0.6 is 0 Å². The van der Waals surface area contributed by atoms with Crippen LogP contribution in [0.15, 0.2) is 24.3 Å². The second-order valence-electron chi connectivity index (χ2n) is 5.18. The zero-order valence-electron chi connectivity index (χ0n) is 12.4. The molecule has 0 fully saturated rings. The second-order valence-corrected chi connectivity index (χ2v) is 6.80. The number of aliphatic carboxylic acids is 1.